The lowest BCUT2D eigenvalue weighted by molar-refractivity contribution is 0.553. The molecule has 1 heterocycles. The van der Waals surface area contributed by atoms with E-state index in [4.69, 9.17) is 16.6 Å². The monoisotopic (exact) mass is 308 g/mol. The van der Waals surface area contributed by atoms with Gasteiger partial charge in [-0.2, -0.15) is 0 Å². The van der Waals surface area contributed by atoms with Gasteiger partial charge in [0.05, 0.1) is 5.69 Å². The van der Waals surface area contributed by atoms with Gasteiger partial charge in [-0.15, -0.1) is 11.3 Å². The third kappa shape index (κ3) is 4.05. The number of nitrogens with one attached hydrogen (secondary N) is 1. The van der Waals surface area contributed by atoms with Gasteiger partial charge in [0.25, 0.3) is 0 Å². The molecule has 4 heteroatoms. The number of thiazole rings is 1. The summed E-state index contributed by atoms with van der Waals surface area (Å²) in [5.74, 6) is 0.670. The van der Waals surface area contributed by atoms with E-state index >= 15 is 0 Å². The zero-order chi connectivity index (χ0) is 14.5. The van der Waals surface area contributed by atoms with Gasteiger partial charge in [0.2, 0.25) is 0 Å². The first-order chi connectivity index (χ1) is 9.60. The average molecular weight is 309 g/mol. The van der Waals surface area contributed by atoms with Gasteiger partial charge in [0, 0.05) is 22.0 Å². The minimum absolute atomic E-state index is 0.670. The van der Waals surface area contributed by atoms with Crippen LogP contribution in [0.15, 0.2) is 24.3 Å². The van der Waals surface area contributed by atoms with Crippen LogP contribution in [0.4, 0.5) is 0 Å². The van der Waals surface area contributed by atoms with Crippen LogP contribution in [0.1, 0.15) is 31.3 Å². The van der Waals surface area contributed by atoms with E-state index in [0.29, 0.717) is 5.92 Å². The van der Waals surface area contributed by atoms with E-state index in [-0.39, 0.29) is 0 Å². The average Bonchev–Trinajstić information content (AvgIpc) is 2.82. The Bertz CT molecular complexity index is 546. The quantitative estimate of drug-likeness (QED) is 0.831. The Morgan fingerprint density at radius 1 is 1.25 bits per heavy atom. The highest BCUT2D eigenvalue weighted by Gasteiger charge is 2.11. The van der Waals surface area contributed by atoms with Crippen molar-refractivity contribution in [2.24, 2.45) is 5.92 Å². The molecule has 0 spiro atoms. The van der Waals surface area contributed by atoms with Crippen molar-refractivity contribution in [3.63, 3.8) is 0 Å². The Morgan fingerprint density at radius 3 is 2.55 bits per heavy atom. The molecule has 0 unspecified atom stereocenters. The fourth-order valence-electron chi connectivity index (χ4n) is 1.99. The minimum atomic E-state index is 0.670. The molecule has 0 amide bonds. The molecule has 0 radical (unpaired) electrons. The highest BCUT2D eigenvalue weighted by molar-refractivity contribution is 7.15. The van der Waals surface area contributed by atoms with Crippen LogP contribution in [0.25, 0.3) is 10.6 Å². The molecule has 1 aromatic heterocycles. The van der Waals surface area contributed by atoms with Crippen molar-refractivity contribution < 1.29 is 0 Å². The van der Waals surface area contributed by atoms with Crippen molar-refractivity contribution in [1.29, 1.82) is 0 Å². The van der Waals surface area contributed by atoms with Gasteiger partial charge >= 0.3 is 0 Å². The number of benzene rings is 1. The Labute approximate surface area is 130 Å². The molecule has 2 aromatic rings. The van der Waals surface area contributed by atoms with Crippen LogP contribution >= 0.6 is 22.9 Å². The summed E-state index contributed by atoms with van der Waals surface area (Å²) in [6.07, 6.45) is 0.975. The lowest BCUT2D eigenvalue weighted by Crippen LogP contribution is -2.18. The fourth-order valence-corrected chi connectivity index (χ4v) is 3.24. The summed E-state index contributed by atoms with van der Waals surface area (Å²) in [5, 5.41) is 5.35. The van der Waals surface area contributed by atoms with Crippen molar-refractivity contribution in [2.75, 3.05) is 6.54 Å². The second-order valence-electron chi connectivity index (χ2n) is 5.27. The minimum Gasteiger partial charge on any atom is -0.312 e. The Hall–Kier alpha value is -0.900. The molecule has 0 aliphatic carbocycles. The summed E-state index contributed by atoms with van der Waals surface area (Å²) < 4.78 is 0. The van der Waals surface area contributed by atoms with E-state index < -0.39 is 0 Å². The molecule has 2 rings (SSSR count). The molecule has 108 valence electrons. The molecule has 0 atom stereocenters. The van der Waals surface area contributed by atoms with Crippen molar-refractivity contribution in [2.45, 2.75) is 33.7 Å². The first kappa shape index (κ1) is 15.5. The number of nitrogens with zero attached hydrogens (tertiary/aromatic N) is 1. The number of aryl methyl sites for hydroxylation is 1. The number of aromatic nitrogens is 1. The lowest BCUT2D eigenvalue weighted by atomic mass is 10.2. The van der Waals surface area contributed by atoms with E-state index in [2.05, 4.69) is 26.1 Å². The summed E-state index contributed by atoms with van der Waals surface area (Å²) in [5.41, 5.74) is 2.35. The van der Waals surface area contributed by atoms with Crippen molar-refractivity contribution in [3.05, 3.63) is 39.9 Å². The van der Waals surface area contributed by atoms with Crippen LogP contribution in [0.5, 0.6) is 0 Å². The molecular weight excluding hydrogens is 288 g/mol. The molecule has 0 fully saturated rings. The van der Waals surface area contributed by atoms with Crippen LogP contribution in [-0.2, 0) is 13.0 Å². The highest BCUT2D eigenvalue weighted by atomic mass is 35.5. The Kier molecular flexibility index (Phi) is 5.58. The molecule has 0 saturated heterocycles. The highest BCUT2D eigenvalue weighted by Crippen LogP contribution is 2.29. The van der Waals surface area contributed by atoms with Gasteiger partial charge in [-0.3, -0.25) is 0 Å². The van der Waals surface area contributed by atoms with Gasteiger partial charge in [0.15, 0.2) is 0 Å². The maximum atomic E-state index is 5.93. The first-order valence-electron chi connectivity index (χ1n) is 7.05. The fraction of sp³-hybridized carbons (Fsp3) is 0.438. The SMILES string of the molecule is CCc1nc(-c2ccc(Cl)cc2)sc1CNCC(C)C. The van der Waals surface area contributed by atoms with E-state index in [9.17, 15) is 0 Å². The van der Waals surface area contributed by atoms with Gasteiger partial charge in [-0.25, -0.2) is 4.98 Å². The van der Waals surface area contributed by atoms with E-state index in [0.717, 1.165) is 35.1 Å². The van der Waals surface area contributed by atoms with Gasteiger partial charge in [0.1, 0.15) is 5.01 Å². The van der Waals surface area contributed by atoms with Gasteiger partial charge in [-0.1, -0.05) is 44.5 Å². The van der Waals surface area contributed by atoms with Crippen LogP contribution < -0.4 is 5.32 Å². The molecule has 1 aromatic carbocycles. The predicted molar refractivity (Wildman–Crippen MR) is 88.5 cm³/mol. The Morgan fingerprint density at radius 2 is 1.95 bits per heavy atom. The van der Waals surface area contributed by atoms with Crippen molar-refractivity contribution in [1.82, 2.24) is 10.3 Å². The van der Waals surface area contributed by atoms with Crippen molar-refractivity contribution >= 4 is 22.9 Å². The van der Waals surface area contributed by atoms with Crippen LogP contribution in [0.3, 0.4) is 0 Å². The summed E-state index contributed by atoms with van der Waals surface area (Å²) in [6.45, 7) is 8.55. The van der Waals surface area contributed by atoms with E-state index in [1.807, 2.05) is 24.3 Å². The molecule has 1 N–H and O–H groups in total. The second-order valence-corrected chi connectivity index (χ2v) is 6.79. The first-order valence-corrected chi connectivity index (χ1v) is 8.24. The smallest absolute Gasteiger partial charge is 0.123 e. The summed E-state index contributed by atoms with van der Waals surface area (Å²) in [6, 6.07) is 7.90. The van der Waals surface area contributed by atoms with Crippen LogP contribution in [0.2, 0.25) is 5.02 Å². The molecule has 0 saturated carbocycles. The lowest BCUT2D eigenvalue weighted by Gasteiger charge is -2.06. The second kappa shape index (κ2) is 7.21. The number of rotatable bonds is 6. The molecule has 20 heavy (non-hydrogen) atoms. The maximum absolute atomic E-state index is 5.93. The standard InChI is InChI=1S/C16H21ClN2S/c1-4-14-15(10-18-9-11(2)3)20-16(19-14)12-5-7-13(17)8-6-12/h5-8,11,18H,4,9-10H2,1-3H3. The van der Waals surface area contributed by atoms with E-state index in [1.165, 1.54) is 10.6 Å². The van der Waals surface area contributed by atoms with Gasteiger partial charge < -0.3 is 5.32 Å². The van der Waals surface area contributed by atoms with Crippen LogP contribution in [0, 0.1) is 5.92 Å². The van der Waals surface area contributed by atoms with E-state index in [1.54, 1.807) is 11.3 Å². The summed E-state index contributed by atoms with van der Waals surface area (Å²) >= 11 is 7.71. The topological polar surface area (TPSA) is 24.9 Å². The Balaban J connectivity index is 2.15. The maximum Gasteiger partial charge on any atom is 0.123 e. The normalized spacial score (nSPS) is 11.2. The molecule has 2 nitrogen and oxygen atoms in total. The third-order valence-corrected chi connectivity index (χ3v) is 4.44. The van der Waals surface area contributed by atoms with Gasteiger partial charge in [-0.05, 0) is 31.0 Å². The molecule has 0 bridgehead atoms. The zero-order valence-electron chi connectivity index (χ0n) is 12.2. The zero-order valence-corrected chi connectivity index (χ0v) is 13.8. The predicted octanol–water partition coefficient (Wildman–Crippen LogP) is 4.77. The largest absolute Gasteiger partial charge is 0.312 e. The number of hydrogen-bond acceptors (Lipinski definition) is 3. The molecule has 0 aliphatic heterocycles. The van der Waals surface area contributed by atoms with Crippen molar-refractivity contribution in [3.8, 4) is 10.6 Å². The molecular formula is C16H21ClN2S. The number of halogens is 1. The van der Waals surface area contributed by atoms with Crippen LogP contribution in [-0.4, -0.2) is 11.5 Å². The summed E-state index contributed by atoms with van der Waals surface area (Å²) in [7, 11) is 0. The number of hydrogen-bond donors (Lipinski definition) is 1. The third-order valence-electron chi connectivity index (χ3n) is 3.04. The molecule has 0 aliphatic rings. The summed E-state index contributed by atoms with van der Waals surface area (Å²) in [4.78, 5) is 6.11.